The Morgan fingerprint density at radius 3 is 2.32 bits per heavy atom. The number of nitrogens with zero attached hydrogens (tertiary/aromatic N) is 1. The van der Waals surface area contributed by atoms with Crippen molar-refractivity contribution in [2.75, 3.05) is 13.1 Å². The molecule has 1 aliphatic heterocycles. The SMILES string of the molecule is CC(C)NC(=O)c1ccc(CC2CCN(C(=O)O)CC2)cc1. The van der Waals surface area contributed by atoms with Gasteiger partial charge in [0.05, 0.1) is 0 Å². The molecule has 0 aromatic heterocycles. The van der Waals surface area contributed by atoms with Crippen molar-refractivity contribution in [2.24, 2.45) is 5.92 Å². The summed E-state index contributed by atoms with van der Waals surface area (Å²) in [4.78, 5) is 24.3. The van der Waals surface area contributed by atoms with Gasteiger partial charge in [0.1, 0.15) is 0 Å². The van der Waals surface area contributed by atoms with Crippen molar-refractivity contribution in [3.05, 3.63) is 35.4 Å². The molecule has 1 fully saturated rings. The number of nitrogens with one attached hydrogen (secondary N) is 1. The molecule has 5 nitrogen and oxygen atoms in total. The second kappa shape index (κ2) is 7.29. The molecule has 1 aromatic carbocycles. The van der Waals surface area contributed by atoms with Crippen LogP contribution in [-0.4, -0.2) is 41.1 Å². The molecule has 0 atom stereocenters. The lowest BCUT2D eigenvalue weighted by molar-refractivity contribution is 0.0943. The Bertz CT molecular complexity index is 517. The highest BCUT2D eigenvalue weighted by atomic mass is 16.4. The molecule has 5 heteroatoms. The van der Waals surface area contributed by atoms with Gasteiger partial charge >= 0.3 is 6.09 Å². The summed E-state index contributed by atoms with van der Waals surface area (Å²) < 4.78 is 0. The lowest BCUT2D eigenvalue weighted by Gasteiger charge is -2.30. The van der Waals surface area contributed by atoms with Crippen LogP contribution in [0.15, 0.2) is 24.3 Å². The first-order valence-electron chi connectivity index (χ1n) is 7.83. The Hall–Kier alpha value is -2.04. The molecular formula is C17H24N2O3. The highest BCUT2D eigenvalue weighted by Crippen LogP contribution is 2.22. The van der Waals surface area contributed by atoms with Crippen molar-refractivity contribution in [3.63, 3.8) is 0 Å². The first-order chi connectivity index (χ1) is 10.5. The molecule has 0 saturated carbocycles. The van der Waals surface area contributed by atoms with Gasteiger partial charge in [-0.2, -0.15) is 0 Å². The Kier molecular flexibility index (Phi) is 5.41. The van der Waals surface area contributed by atoms with Gasteiger partial charge in [-0.1, -0.05) is 12.1 Å². The summed E-state index contributed by atoms with van der Waals surface area (Å²) >= 11 is 0. The van der Waals surface area contributed by atoms with E-state index in [9.17, 15) is 9.59 Å². The Morgan fingerprint density at radius 1 is 1.23 bits per heavy atom. The summed E-state index contributed by atoms with van der Waals surface area (Å²) in [7, 11) is 0. The Morgan fingerprint density at radius 2 is 1.82 bits per heavy atom. The van der Waals surface area contributed by atoms with Gasteiger partial charge in [0, 0.05) is 24.7 Å². The minimum Gasteiger partial charge on any atom is -0.465 e. The number of piperidine rings is 1. The second-order valence-corrected chi connectivity index (χ2v) is 6.24. The zero-order valence-corrected chi connectivity index (χ0v) is 13.2. The number of likely N-dealkylation sites (tertiary alicyclic amines) is 1. The van der Waals surface area contributed by atoms with Crippen LogP contribution in [-0.2, 0) is 6.42 Å². The van der Waals surface area contributed by atoms with Gasteiger partial charge in [-0.25, -0.2) is 4.79 Å². The number of amides is 2. The van der Waals surface area contributed by atoms with E-state index < -0.39 is 6.09 Å². The predicted octanol–water partition coefficient (Wildman–Crippen LogP) is 2.76. The zero-order valence-electron chi connectivity index (χ0n) is 13.2. The van der Waals surface area contributed by atoms with Gasteiger partial charge < -0.3 is 15.3 Å². The monoisotopic (exact) mass is 304 g/mol. The lowest BCUT2D eigenvalue weighted by atomic mass is 9.90. The molecule has 0 aliphatic carbocycles. The van der Waals surface area contributed by atoms with E-state index in [-0.39, 0.29) is 11.9 Å². The van der Waals surface area contributed by atoms with Crippen LogP contribution in [0, 0.1) is 5.92 Å². The zero-order chi connectivity index (χ0) is 16.1. The minimum atomic E-state index is -0.820. The molecule has 2 N–H and O–H groups in total. The molecule has 0 bridgehead atoms. The summed E-state index contributed by atoms with van der Waals surface area (Å²) in [5.74, 6) is 0.474. The quantitative estimate of drug-likeness (QED) is 0.898. The van der Waals surface area contributed by atoms with Crippen LogP contribution in [0.1, 0.15) is 42.6 Å². The summed E-state index contributed by atoms with van der Waals surface area (Å²) in [6.45, 7) is 5.12. The predicted molar refractivity (Wildman–Crippen MR) is 85.1 cm³/mol. The summed E-state index contributed by atoms with van der Waals surface area (Å²) in [5, 5.41) is 11.8. The van der Waals surface area contributed by atoms with Crippen LogP contribution in [0.2, 0.25) is 0 Å². The van der Waals surface area contributed by atoms with Crippen LogP contribution in [0.5, 0.6) is 0 Å². The van der Waals surface area contributed by atoms with E-state index in [4.69, 9.17) is 5.11 Å². The normalized spacial score (nSPS) is 15.9. The average Bonchev–Trinajstić information content (AvgIpc) is 2.48. The summed E-state index contributed by atoms with van der Waals surface area (Å²) in [6, 6.07) is 7.85. The lowest BCUT2D eigenvalue weighted by Crippen LogP contribution is -2.37. The molecular weight excluding hydrogens is 280 g/mol. The van der Waals surface area contributed by atoms with E-state index in [1.807, 2.05) is 38.1 Å². The maximum absolute atomic E-state index is 11.9. The number of benzene rings is 1. The molecule has 120 valence electrons. The molecule has 0 spiro atoms. The summed E-state index contributed by atoms with van der Waals surface area (Å²) in [6.07, 6.45) is 1.93. The summed E-state index contributed by atoms with van der Waals surface area (Å²) in [5.41, 5.74) is 1.88. The molecule has 2 amide bonds. The highest BCUT2D eigenvalue weighted by molar-refractivity contribution is 5.94. The maximum atomic E-state index is 11.9. The van der Waals surface area contributed by atoms with Crippen molar-refractivity contribution in [1.82, 2.24) is 10.2 Å². The van der Waals surface area contributed by atoms with E-state index in [1.165, 1.54) is 10.5 Å². The largest absolute Gasteiger partial charge is 0.465 e. The first-order valence-corrected chi connectivity index (χ1v) is 7.83. The van der Waals surface area contributed by atoms with E-state index >= 15 is 0 Å². The van der Waals surface area contributed by atoms with Gasteiger partial charge in [0.2, 0.25) is 0 Å². The number of hydrogen-bond donors (Lipinski definition) is 2. The van der Waals surface area contributed by atoms with E-state index in [0.717, 1.165) is 19.3 Å². The standard InChI is InChI=1S/C17H24N2O3/c1-12(2)18-16(20)15-5-3-13(4-6-15)11-14-7-9-19(10-8-14)17(21)22/h3-6,12,14H,7-11H2,1-2H3,(H,18,20)(H,21,22). The maximum Gasteiger partial charge on any atom is 0.407 e. The number of rotatable bonds is 4. The van der Waals surface area contributed by atoms with Crippen LogP contribution < -0.4 is 5.32 Å². The third-order valence-corrected chi connectivity index (χ3v) is 4.05. The third kappa shape index (κ3) is 4.48. The topological polar surface area (TPSA) is 69.6 Å². The van der Waals surface area contributed by atoms with Crippen molar-refractivity contribution in [1.29, 1.82) is 0 Å². The van der Waals surface area contributed by atoms with Crippen molar-refractivity contribution in [2.45, 2.75) is 39.2 Å². The van der Waals surface area contributed by atoms with Crippen LogP contribution in [0.3, 0.4) is 0 Å². The van der Waals surface area contributed by atoms with Gasteiger partial charge in [-0.3, -0.25) is 4.79 Å². The number of hydrogen-bond acceptors (Lipinski definition) is 2. The van der Waals surface area contributed by atoms with Crippen molar-refractivity contribution >= 4 is 12.0 Å². The Balaban J connectivity index is 1.87. The van der Waals surface area contributed by atoms with Crippen molar-refractivity contribution < 1.29 is 14.7 Å². The second-order valence-electron chi connectivity index (χ2n) is 6.24. The van der Waals surface area contributed by atoms with Crippen LogP contribution >= 0.6 is 0 Å². The Labute approximate surface area is 131 Å². The molecule has 1 heterocycles. The van der Waals surface area contributed by atoms with Gasteiger partial charge in [-0.15, -0.1) is 0 Å². The van der Waals surface area contributed by atoms with Gasteiger partial charge in [-0.05, 0) is 56.7 Å². The van der Waals surface area contributed by atoms with Gasteiger partial charge in [0.25, 0.3) is 5.91 Å². The molecule has 1 aromatic rings. The number of carboxylic acid groups (broad SMARTS) is 1. The number of carbonyl (C=O) groups excluding carboxylic acids is 1. The van der Waals surface area contributed by atoms with Crippen LogP contribution in [0.4, 0.5) is 4.79 Å². The first kappa shape index (κ1) is 16.3. The minimum absolute atomic E-state index is 0.0451. The van der Waals surface area contributed by atoms with E-state index in [1.54, 1.807) is 0 Å². The molecule has 1 aliphatic rings. The molecule has 0 radical (unpaired) electrons. The van der Waals surface area contributed by atoms with Crippen molar-refractivity contribution in [3.8, 4) is 0 Å². The number of carbonyl (C=O) groups is 2. The molecule has 22 heavy (non-hydrogen) atoms. The highest BCUT2D eigenvalue weighted by Gasteiger charge is 2.22. The molecule has 1 saturated heterocycles. The fraction of sp³-hybridized carbons (Fsp3) is 0.529. The third-order valence-electron chi connectivity index (χ3n) is 4.05. The average molecular weight is 304 g/mol. The fourth-order valence-electron chi connectivity index (χ4n) is 2.80. The van der Waals surface area contributed by atoms with Crippen LogP contribution in [0.25, 0.3) is 0 Å². The molecule has 2 rings (SSSR count). The van der Waals surface area contributed by atoms with E-state index in [0.29, 0.717) is 24.6 Å². The smallest absolute Gasteiger partial charge is 0.407 e. The molecule has 0 unspecified atom stereocenters. The fourth-order valence-corrected chi connectivity index (χ4v) is 2.80. The van der Waals surface area contributed by atoms with Gasteiger partial charge in [0.15, 0.2) is 0 Å². The van der Waals surface area contributed by atoms with E-state index in [2.05, 4.69) is 5.32 Å².